The molecule has 0 aliphatic carbocycles. The van der Waals surface area contributed by atoms with Gasteiger partial charge in [0.05, 0.1) is 10.6 Å². The molecular formula is C14H20BrFN2O. The fourth-order valence-corrected chi connectivity index (χ4v) is 2.90. The van der Waals surface area contributed by atoms with Crippen LogP contribution in [-0.2, 0) is 4.74 Å². The highest BCUT2D eigenvalue weighted by molar-refractivity contribution is 9.10. The first-order chi connectivity index (χ1) is 9.15. The van der Waals surface area contributed by atoms with Gasteiger partial charge < -0.3 is 10.5 Å². The molecule has 0 saturated carbocycles. The van der Waals surface area contributed by atoms with Crippen LogP contribution in [0.3, 0.4) is 0 Å². The van der Waals surface area contributed by atoms with Gasteiger partial charge in [-0.15, -0.1) is 0 Å². The standard InChI is InChI=1S/C14H20BrFN2O/c1-19-11-3-2-6-18(9-11)14(8-17)10-4-5-12(15)13(16)7-10/h4-5,7,11,14H,2-3,6,8-9,17H2,1H3. The third-order valence-electron chi connectivity index (χ3n) is 3.74. The predicted molar refractivity (Wildman–Crippen MR) is 77.5 cm³/mol. The molecule has 106 valence electrons. The van der Waals surface area contributed by atoms with Crippen molar-refractivity contribution in [2.24, 2.45) is 5.73 Å². The lowest BCUT2D eigenvalue weighted by Gasteiger charge is -2.37. The summed E-state index contributed by atoms with van der Waals surface area (Å²) in [5.74, 6) is -0.240. The second kappa shape index (κ2) is 6.79. The van der Waals surface area contributed by atoms with Crippen LogP contribution in [0.1, 0.15) is 24.4 Å². The number of rotatable bonds is 4. The molecular weight excluding hydrogens is 311 g/mol. The highest BCUT2D eigenvalue weighted by Gasteiger charge is 2.26. The number of hydrogen-bond donors (Lipinski definition) is 1. The molecule has 0 bridgehead atoms. The molecule has 5 heteroatoms. The van der Waals surface area contributed by atoms with Gasteiger partial charge >= 0.3 is 0 Å². The lowest BCUT2D eigenvalue weighted by molar-refractivity contribution is 0.0154. The Balaban J connectivity index is 2.16. The van der Waals surface area contributed by atoms with Crippen LogP contribution >= 0.6 is 15.9 Å². The summed E-state index contributed by atoms with van der Waals surface area (Å²) in [5, 5.41) is 0. The lowest BCUT2D eigenvalue weighted by Crippen LogP contribution is -2.43. The van der Waals surface area contributed by atoms with Crippen LogP contribution in [0.25, 0.3) is 0 Å². The minimum Gasteiger partial charge on any atom is -0.380 e. The van der Waals surface area contributed by atoms with E-state index in [2.05, 4.69) is 20.8 Å². The van der Waals surface area contributed by atoms with Gasteiger partial charge in [0.15, 0.2) is 0 Å². The van der Waals surface area contributed by atoms with Crippen molar-refractivity contribution >= 4 is 15.9 Å². The fourth-order valence-electron chi connectivity index (χ4n) is 2.66. The number of piperidine rings is 1. The quantitative estimate of drug-likeness (QED) is 0.922. The first-order valence-corrected chi connectivity index (χ1v) is 7.37. The van der Waals surface area contributed by atoms with Crippen LogP contribution in [-0.4, -0.2) is 37.7 Å². The normalized spacial score (nSPS) is 22.4. The van der Waals surface area contributed by atoms with E-state index in [4.69, 9.17) is 10.5 Å². The van der Waals surface area contributed by atoms with Crippen LogP contribution in [0.4, 0.5) is 4.39 Å². The Bertz CT molecular complexity index is 430. The van der Waals surface area contributed by atoms with E-state index < -0.39 is 0 Å². The van der Waals surface area contributed by atoms with Gasteiger partial charge in [-0.2, -0.15) is 0 Å². The number of likely N-dealkylation sites (tertiary alicyclic amines) is 1. The van der Waals surface area contributed by atoms with E-state index in [1.54, 1.807) is 19.2 Å². The van der Waals surface area contributed by atoms with E-state index in [9.17, 15) is 4.39 Å². The molecule has 2 N–H and O–H groups in total. The van der Waals surface area contributed by atoms with Gasteiger partial charge in [0, 0.05) is 26.2 Å². The predicted octanol–water partition coefficient (Wildman–Crippen LogP) is 2.70. The minimum absolute atomic E-state index is 0.0561. The van der Waals surface area contributed by atoms with Crippen LogP contribution in [0.2, 0.25) is 0 Å². The smallest absolute Gasteiger partial charge is 0.137 e. The van der Waals surface area contributed by atoms with E-state index >= 15 is 0 Å². The third kappa shape index (κ3) is 3.54. The maximum absolute atomic E-state index is 13.7. The molecule has 3 nitrogen and oxygen atoms in total. The maximum Gasteiger partial charge on any atom is 0.137 e. The summed E-state index contributed by atoms with van der Waals surface area (Å²) in [6, 6.07) is 5.30. The SMILES string of the molecule is COC1CCCN(C(CN)c2ccc(Br)c(F)c2)C1. The Labute approximate surface area is 122 Å². The van der Waals surface area contributed by atoms with Crippen molar-refractivity contribution in [3.05, 3.63) is 34.1 Å². The molecule has 2 rings (SSSR count). The number of nitrogens with zero attached hydrogens (tertiary/aromatic N) is 1. The first-order valence-electron chi connectivity index (χ1n) is 6.57. The molecule has 1 saturated heterocycles. The summed E-state index contributed by atoms with van der Waals surface area (Å²) in [5.41, 5.74) is 6.82. The highest BCUT2D eigenvalue weighted by Crippen LogP contribution is 2.27. The van der Waals surface area contributed by atoms with Gasteiger partial charge in [0.2, 0.25) is 0 Å². The fraction of sp³-hybridized carbons (Fsp3) is 0.571. The van der Waals surface area contributed by atoms with Crippen molar-refractivity contribution in [1.29, 1.82) is 0 Å². The third-order valence-corrected chi connectivity index (χ3v) is 4.38. The molecule has 1 aliphatic rings. The number of hydrogen-bond acceptors (Lipinski definition) is 3. The highest BCUT2D eigenvalue weighted by atomic mass is 79.9. The molecule has 1 heterocycles. The molecule has 1 aliphatic heterocycles. The average molecular weight is 331 g/mol. The second-order valence-electron chi connectivity index (χ2n) is 4.92. The summed E-state index contributed by atoms with van der Waals surface area (Å²) in [7, 11) is 1.74. The van der Waals surface area contributed by atoms with Crippen LogP contribution < -0.4 is 5.73 Å². The monoisotopic (exact) mass is 330 g/mol. The number of methoxy groups -OCH3 is 1. The van der Waals surface area contributed by atoms with Gasteiger partial charge in [-0.3, -0.25) is 4.90 Å². The molecule has 1 fully saturated rings. The summed E-state index contributed by atoms with van der Waals surface area (Å²) in [4.78, 5) is 2.29. The Morgan fingerprint density at radius 1 is 1.58 bits per heavy atom. The zero-order valence-electron chi connectivity index (χ0n) is 11.1. The zero-order chi connectivity index (χ0) is 13.8. The maximum atomic E-state index is 13.7. The Hall–Kier alpha value is -0.490. The van der Waals surface area contributed by atoms with Gasteiger partial charge in [0.1, 0.15) is 5.82 Å². The van der Waals surface area contributed by atoms with Crippen LogP contribution in [0, 0.1) is 5.82 Å². The van der Waals surface area contributed by atoms with Crippen molar-refractivity contribution in [2.45, 2.75) is 25.0 Å². The molecule has 2 atom stereocenters. The van der Waals surface area contributed by atoms with Gasteiger partial charge in [0.25, 0.3) is 0 Å². The molecule has 19 heavy (non-hydrogen) atoms. The van der Waals surface area contributed by atoms with E-state index in [1.807, 2.05) is 6.07 Å². The summed E-state index contributed by atoms with van der Waals surface area (Å²) < 4.78 is 19.6. The van der Waals surface area contributed by atoms with Crippen molar-refractivity contribution in [3.8, 4) is 0 Å². The van der Waals surface area contributed by atoms with Crippen LogP contribution in [0.5, 0.6) is 0 Å². The number of benzene rings is 1. The van der Waals surface area contributed by atoms with Crippen molar-refractivity contribution in [3.63, 3.8) is 0 Å². The van der Waals surface area contributed by atoms with E-state index in [0.29, 0.717) is 11.0 Å². The van der Waals surface area contributed by atoms with Crippen molar-refractivity contribution in [1.82, 2.24) is 4.90 Å². The van der Waals surface area contributed by atoms with E-state index in [-0.39, 0.29) is 18.0 Å². The largest absolute Gasteiger partial charge is 0.380 e. The summed E-state index contributed by atoms with van der Waals surface area (Å²) in [6.07, 6.45) is 2.43. The molecule has 1 aromatic carbocycles. The van der Waals surface area contributed by atoms with Crippen molar-refractivity contribution in [2.75, 3.05) is 26.7 Å². The molecule has 0 aromatic heterocycles. The minimum atomic E-state index is -0.240. The Kier molecular flexibility index (Phi) is 5.33. The molecule has 0 radical (unpaired) electrons. The zero-order valence-corrected chi connectivity index (χ0v) is 12.7. The summed E-state index contributed by atoms with van der Waals surface area (Å²) in [6.45, 7) is 2.33. The molecule has 0 amide bonds. The van der Waals surface area contributed by atoms with Gasteiger partial charge in [-0.05, 0) is 53.0 Å². The van der Waals surface area contributed by atoms with Gasteiger partial charge in [-0.1, -0.05) is 6.07 Å². The lowest BCUT2D eigenvalue weighted by atomic mass is 10.0. The Morgan fingerprint density at radius 3 is 3.00 bits per heavy atom. The second-order valence-corrected chi connectivity index (χ2v) is 5.77. The first kappa shape index (κ1) is 14.9. The molecule has 0 spiro atoms. The van der Waals surface area contributed by atoms with E-state index in [1.165, 1.54) is 0 Å². The topological polar surface area (TPSA) is 38.5 Å². The van der Waals surface area contributed by atoms with Crippen LogP contribution in [0.15, 0.2) is 22.7 Å². The Morgan fingerprint density at radius 2 is 2.37 bits per heavy atom. The molecule has 1 aromatic rings. The average Bonchev–Trinajstić information content (AvgIpc) is 2.44. The van der Waals surface area contributed by atoms with Gasteiger partial charge in [-0.25, -0.2) is 4.39 Å². The molecule has 2 unspecified atom stereocenters. The number of nitrogens with two attached hydrogens (primary N) is 1. The number of halogens is 2. The summed E-state index contributed by atoms with van der Waals surface area (Å²) >= 11 is 3.18. The van der Waals surface area contributed by atoms with Crippen molar-refractivity contribution < 1.29 is 9.13 Å². The number of ether oxygens (including phenoxy) is 1. The van der Waals surface area contributed by atoms with E-state index in [0.717, 1.165) is 31.5 Å².